The second-order valence-electron chi connectivity index (χ2n) is 7.36. The van der Waals surface area contributed by atoms with E-state index >= 15 is 0 Å². The Balaban J connectivity index is 2.05. The second-order valence-corrected chi connectivity index (χ2v) is 8.28. The number of anilines is 1. The lowest BCUT2D eigenvalue weighted by Gasteiger charge is -2.35. The van der Waals surface area contributed by atoms with Gasteiger partial charge in [-0.2, -0.15) is 0 Å². The van der Waals surface area contributed by atoms with Gasteiger partial charge in [-0.1, -0.05) is 27.6 Å². The highest BCUT2D eigenvalue weighted by atomic mass is 79.9. The summed E-state index contributed by atoms with van der Waals surface area (Å²) in [5.74, 6) is 0. The van der Waals surface area contributed by atoms with E-state index in [1.54, 1.807) is 0 Å². The van der Waals surface area contributed by atoms with E-state index < -0.39 is 5.60 Å². The molecule has 0 aromatic heterocycles. The molecule has 1 heterocycles. The number of nitrogens with zero attached hydrogens (tertiary/aromatic N) is 1. The summed E-state index contributed by atoms with van der Waals surface area (Å²) in [5, 5.41) is 0. The lowest BCUT2D eigenvalue weighted by Crippen LogP contribution is -2.49. The second kappa shape index (κ2) is 5.12. The van der Waals surface area contributed by atoms with Crippen LogP contribution in [0.1, 0.15) is 46.1 Å². The predicted molar refractivity (Wildman–Crippen MR) is 92.3 cm³/mol. The highest BCUT2D eigenvalue weighted by molar-refractivity contribution is 9.10. The van der Waals surface area contributed by atoms with Crippen LogP contribution in [-0.2, 0) is 11.2 Å². The number of carbonyl (C=O) groups is 1. The van der Waals surface area contributed by atoms with Crippen molar-refractivity contribution in [3.05, 3.63) is 39.9 Å². The molecule has 1 aliphatic carbocycles. The van der Waals surface area contributed by atoms with Crippen LogP contribution >= 0.6 is 15.9 Å². The Bertz CT molecular complexity index is 660. The molecule has 1 aliphatic heterocycles. The van der Waals surface area contributed by atoms with E-state index in [-0.39, 0.29) is 11.6 Å². The molecule has 118 valence electrons. The summed E-state index contributed by atoms with van der Waals surface area (Å²) >= 11 is 3.53. The number of allylic oxidation sites excluding steroid dienone is 1. The summed E-state index contributed by atoms with van der Waals surface area (Å²) < 4.78 is 6.72. The van der Waals surface area contributed by atoms with Crippen LogP contribution in [0, 0.1) is 0 Å². The summed E-state index contributed by atoms with van der Waals surface area (Å²) in [5.41, 5.74) is 2.78. The van der Waals surface area contributed by atoms with Crippen LogP contribution in [-0.4, -0.2) is 17.2 Å². The quantitative estimate of drug-likeness (QED) is 0.591. The normalized spacial score (nSPS) is 23.7. The Morgan fingerprint density at radius 2 is 2.09 bits per heavy atom. The number of amides is 1. The van der Waals surface area contributed by atoms with E-state index in [4.69, 9.17) is 4.74 Å². The number of fused-ring (bicyclic) bond motifs is 1. The van der Waals surface area contributed by atoms with Crippen molar-refractivity contribution >= 4 is 27.7 Å². The van der Waals surface area contributed by atoms with E-state index in [1.165, 1.54) is 11.1 Å². The summed E-state index contributed by atoms with van der Waals surface area (Å²) in [4.78, 5) is 14.7. The van der Waals surface area contributed by atoms with Crippen molar-refractivity contribution in [3.8, 4) is 0 Å². The third-order valence-corrected chi connectivity index (χ3v) is 4.76. The molecule has 0 bridgehead atoms. The van der Waals surface area contributed by atoms with Crippen molar-refractivity contribution in [1.29, 1.82) is 0 Å². The van der Waals surface area contributed by atoms with Crippen molar-refractivity contribution in [2.24, 2.45) is 0 Å². The number of ether oxygens (including phenoxy) is 1. The largest absolute Gasteiger partial charge is 0.443 e. The Morgan fingerprint density at radius 1 is 1.36 bits per heavy atom. The number of carbonyl (C=O) groups excluding carboxylic acids is 1. The van der Waals surface area contributed by atoms with Crippen LogP contribution in [0.4, 0.5) is 10.5 Å². The maximum absolute atomic E-state index is 12.8. The van der Waals surface area contributed by atoms with Crippen LogP contribution < -0.4 is 4.90 Å². The molecule has 1 spiro atoms. The molecule has 0 saturated carbocycles. The molecular weight excluding hydrogens is 342 g/mol. The number of hydrogen-bond donors (Lipinski definition) is 0. The Morgan fingerprint density at radius 3 is 2.68 bits per heavy atom. The zero-order valence-electron chi connectivity index (χ0n) is 13.6. The first-order chi connectivity index (χ1) is 10.2. The van der Waals surface area contributed by atoms with Crippen molar-refractivity contribution in [2.75, 3.05) is 4.90 Å². The van der Waals surface area contributed by atoms with Gasteiger partial charge in [0, 0.05) is 10.9 Å². The minimum atomic E-state index is -0.492. The van der Waals surface area contributed by atoms with Gasteiger partial charge < -0.3 is 4.74 Å². The molecule has 22 heavy (non-hydrogen) atoms. The van der Waals surface area contributed by atoms with Crippen LogP contribution in [0.3, 0.4) is 0 Å². The van der Waals surface area contributed by atoms with Gasteiger partial charge in [0.1, 0.15) is 5.60 Å². The van der Waals surface area contributed by atoms with Crippen LogP contribution in [0.2, 0.25) is 0 Å². The van der Waals surface area contributed by atoms with Crippen molar-refractivity contribution in [2.45, 2.75) is 58.1 Å². The Hall–Kier alpha value is -1.29. The monoisotopic (exact) mass is 363 g/mol. The maximum Gasteiger partial charge on any atom is 0.415 e. The third-order valence-electron chi connectivity index (χ3n) is 4.27. The minimum Gasteiger partial charge on any atom is -0.443 e. The average Bonchev–Trinajstić information content (AvgIpc) is 2.87. The van der Waals surface area contributed by atoms with Gasteiger partial charge in [0.25, 0.3) is 0 Å². The van der Waals surface area contributed by atoms with E-state index in [2.05, 4.69) is 35.0 Å². The third kappa shape index (κ3) is 2.69. The van der Waals surface area contributed by atoms with Gasteiger partial charge >= 0.3 is 6.09 Å². The van der Waals surface area contributed by atoms with Gasteiger partial charge in [0.2, 0.25) is 0 Å². The van der Waals surface area contributed by atoms with Gasteiger partial charge in [-0.15, -0.1) is 0 Å². The molecular formula is C18H22BrNO2. The van der Waals surface area contributed by atoms with Crippen molar-refractivity contribution < 1.29 is 9.53 Å². The number of halogens is 1. The molecule has 0 unspecified atom stereocenters. The Kier molecular flexibility index (Phi) is 3.63. The number of benzene rings is 1. The van der Waals surface area contributed by atoms with Crippen molar-refractivity contribution in [1.82, 2.24) is 0 Å². The van der Waals surface area contributed by atoms with Gasteiger partial charge in [-0.05, 0) is 64.3 Å². The molecule has 2 aliphatic rings. The first-order valence-corrected chi connectivity index (χ1v) is 8.49. The van der Waals surface area contributed by atoms with Gasteiger partial charge in [-0.3, -0.25) is 4.90 Å². The van der Waals surface area contributed by atoms with Gasteiger partial charge in [-0.25, -0.2) is 4.79 Å². The molecule has 1 aromatic rings. The molecule has 0 fully saturated rings. The molecule has 0 saturated heterocycles. The summed E-state index contributed by atoms with van der Waals surface area (Å²) in [6.07, 6.45) is 4.86. The molecule has 1 amide bonds. The fourth-order valence-corrected chi connectivity index (χ4v) is 3.89. The summed E-state index contributed by atoms with van der Waals surface area (Å²) in [7, 11) is 0. The number of hydrogen-bond acceptors (Lipinski definition) is 2. The van der Waals surface area contributed by atoms with E-state index in [9.17, 15) is 4.79 Å². The van der Waals surface area contributed by atoms with E-state index in [0.717, 1.165) is 29.4 Å². The molecule has 4 heteroatoms. The SMILES string of the molecule is CC1=C[C@]2(CC1)Cc1cc(Br)ccc1N2C(=O)OC(C)(C)C. The highest BCUT2D eigenvalue weighted by Crippen LogP contribution is 2.47. The number of rotatable bonds is 0. The lowest BCUT2D eigenvalue weighted by molar-refractivity contribution is 0.0554. The average molecular weight is 364 g/mol. The summed E-state index contributed by atoms with van der Waals surface area (Å²) in [6, 6.07) is 6.11. The van der Waals surface area contributed by atoms with E-state index in [1.807, 2.05) is 37.8 Å². The van der Waals surface area contributed by atoms with E-state index in [0.29, 0.717) is 0 Å². The van der Waals surface area contributed by atoms with Crippen LogP contribution in [0.5, 0.6) is 0 Å². The van der Waals surface area contributed by atoms with Gasteiger partial charge in [0.05, 0.1) is 11.2 Å². The molecule has 1 atom stereocenters. The smallest absolute Gasteiger partial charge is 0.415 e. The molecule has 0 N–H and O–H groups in total. The topological polar surface area (TPSA) is 29.5 Å². The predicted octanol–water partition coefficient (Wildman–Crippen LogP) is 5.23. The fourth-order valence-electron chi connectivity index (χ4n) is 3.48. The molecule has 0 radical (unpaired) electrons. The first-order valence-electron chi connectivity index (χ1n) is 7.70. The summed E-state index contributed by atoms with van der Waals surface area (Å²) in [6.45, 7) is 7.87. The molecule has 3 rings (SSSR count). The minimum absolute atomic E-state index is 0.250. The lowest BCUT2D eigenvalue weighted by atomic mass is 9.94. The molecule has 3 nitrogen and oxygen atoms in total. The van der Waals surface area contributed by atoms with Gasteiger partial charge in [0.15, 0.2) is 0 Å². The van der Waals surface area contributed by atoms with Crippen molar-refractivity contribution in [3.63, 3.8) is 0 Å². The standard InChI is InChI=1S/C18H22BrNO2/c1-12-7-8-18(10-12)11-13-9-14(19)5-6-15(13)20(18)16(21)22-17(2,3)4/h5-6,9-10H,7-8,11H2,1-4H3/t18-/m1/s1. The molecule has 1 aromatic carbocycles. The maximum atomic E-state index is 12.8. The highest BCUT2D eigenvalue weighted by Gasteiger charge is 2.48. The van der Waals surface area contributed by atoms with Crippen LogP contribution in [0.25, 0.3) is 0 Å². The zero-order valence-corrected chi connectivity index (χ0v) is 15.2. The fraction of sp³-hybridized carbons (Fsp3) is 0.500. The Labute approximate surface area is 140 Å². The first kappa shape index (κ1) is 15.6. The van der Waals surface area contributed by atoms with Crippen LogP contribution in [0.15, 0.2) is 34.3 Å². The zero-order chi connectivity index (χ0) is 16.1.